The molecule has 0 saturated carbocycles. The van der Waals surface area contributed by atoms with Crippen LogP contribution in [-0.4, -0.2) is 17.4 Å². The van der Waals surface area contributed by atoms with E-state index in [0.717, 1.165) is 6.42 Å². The molecule has 1 rings (SSSR count). The molecule has 1 aromatic heterocycles. The fourth-order valence-corrected chi connectivity index (χ4v) is 1.41. The van der Waals surface area contributed by atoms with Gasteiger partial charge in [-0.25, -0.2) is 0 Å². The van der Waals surface area contributed by atoms with E-state index in [1.54, 1.807) is 0 Å². The highest BCUT2D eigenvalue weighted by molar-refractivity contribution is 5.72. The van der Waals surface area contributed by atoms with Crippen LogP contribution >= 0.6 is 0 Å². The van der Waals surface area contributed by atoms with E-state index in [-0.39, 0.29) is 5.91 Å². The minimum atomic E-state index is 0.0323. The van der Waals surface area contributed by atoms with Crippen LogP contribution in [0.5, 0.6) is 0 Å². The molecule has 0 aliphatic heterocycles. The molecule has 0 spiro atoms. The van der Waals surface area contributed by atoms with Gasteiger partial charge in [0.1, 0.15) is 0 Å². The SMILES string of the molecule is CC(=O)NCCc1cc(C)[nH]c1C. The Bertz CT molecular complexity index is 302. The molecule has 0 fully saturated rings. The molecule has 1 aromatic rings. The smallest absolute Gasteiger partial charge is 0.216 e. The summed E-state index contributed by atoms with van der Waals surface area (Å²) in [5, 5.41) is 2.78. The van der Waals surface area contributed by atoms with Crippen molar-refractivity contribution >= 4 is 5.91 Å². The summed E-state index contributed by atoms with van der Waals surface area (Å²) < 4.78 is 0. The van der Waals surface area contributed by atoms with Crippen LogP contribution in [-0.2, 0) is 11.2 Å². The number of hydrogen-bond donors (Lipinski definition) is 2. The van der Waals surface area contributed by atoms with E-state index in [2.05, 4.69) is 23.3 Å². The van der Waals surface area contributed by atoms with Crippen molar-refractivity contribution in [3.8, 4) is 0 Å². The van der Waals surface area contributed by atoms with E-state index >= 15 is 0 Å². The van der Waals surface area contributed by atoms with Crippen molar-refractivity contribution in [3.05, 3.63) is 23.0 Å². The average molecular weight is 180 g/mol. The van der Waals surface area contributed by atoms with E-state index in [4.69, 9.17) is 0 Å². The minimum Gasteiger partial charge on any atom is -0.362 e. The van der Waals surface area contributed by atoms with Gasteiger partial charge in [0.15, 0.2) is 0 Å². The van der Waals surface area contributed by atoms with Crippen LogP contribution in [0.3, 0.4) is 0 Å². The predicted octanol–water partition coefficient (Wildman–Crippen LogP) is 1.31. The molecule has 0 aliphatic rings. The Morgan fingerprint density at radius 1 is 1.54 bits per heavy atom. The Morgan fingerprint density at radius 3 is 2.69 bits per heavy atom. The molecule has 3 heteroatoms. The molecule has 0 atom stereocenters. The van der Waals surface area contributed by atoms with Crippen molar-refractivity contribution < 1.29 is 4.79 Å². The zero-order valence-electron chi connectivity index (χ0n) is 8.40. The number of rotatable bonds is 3. The fraction of sp³-hybridized carbons (Fsp3) is 0.500. The summed E-state index contributed by atoms with van der Waals surface area (Å²) in [6.45, 7) is 6.34. The molecule has 1 amide bonds. The van der Waals surface area contributed by atoms with E-state index in [1.165, 1.54) is 23.9 Å². The van der Waals surface area contributed by atoms with E-state index < -0.39 is 0 Å². The van der Waals surface area contributed by atoms with E-state index in [1.807, 2.05) is 6.92 Å². The van der Waals surface area contributed by atoms with Crippen molar-refractivity contribution in [1.82, 2.24) is 10.3 Å². The van der Waals surface area contributed by atoms with Crippen molar-refractivity contribution in [3.63, 3.8) is 0 Å². The Morgan fingerprint density at radius 2 is 2.23 bits per heavy atom. The average Bonchev–Trinajstić information content (AvgIpc) is 2.29. The summed E-state index contributed by atoms with van der Waals surface area (Å²) in [6.07, 6.45) is 0.899. The predicted molar refractivity (Wildman–Crippen MR) is 52.7 cm³/mol. The molecule has 72 valence electrons. The third kappa shape index (κ3) is 2.93. The van der Waals surface area contributed by atoms with Gasteiger partial charge < -0.3 is 10.3 Å². The molecule has 2 N–H and O–H groups in total. The molecule has 0 radical (unpaired) electrons. The summed E-state index contributed by atoms with van der Waals surface area (Å²) in [5.74, 6) is 0.0323. The Hall–Kier alpha value is -1.25. The molecular formula is C10H16N2O. The number of carbonyl (C=O) groups is 1. The van der Waals surface area contributed by atoms with Gasteiger partial charge in [0.25, 0.3) is 0 Å². The molecule has 0 saturated heterocycles. The van der Waals surface area contributed by atoms with Crippen LogP contribution in [0.15, 0.2) is 6.07 Å². The van der Waals surface area contributed by atoms with Gasteiger partial charge in [0.2, 0.25) is 5.91 Å². The molecule has 1 heterocycles. The number of aromatic nitrogens is 1. The van der Waals surface area contributed by atoms with Gasteiger partial charge in [-0.05, 0) is 31.9 Å². The number of carbonyl (C=O) groups excluding carboxylic acids is 1. The lowest BCUT2D eigenvalue weighted by Crippen LogP contribution is -2.22. The maximum atomic E-state index is 10.6. The Labute approximate surface area is 78.5 Å². The van der Waals surface area contributed by atoms with Crippen LogP contribution in [0.4, 0.5) is 0 Å². The summed E-state index contributed by atoms with van der Waals surface area (Å²) in [7, 11) is 0. The first kappa shape index (κ1) is 9.84. The number of H-pyrrole nitrogens is 1. The maximum absolute atomic E-state index is 10.6. The minimum absolute atomic E-state index is 0.0323. The second-order valence-electron chi connectivity index (χ2n) is 3.34. The topological polar surface area (TPSA) is 44.9 Å². The lowest BCUT2D eigenvalue weighted by molar-refractivity contribution is -0.118. The molecule has 0 aliphatic carbocycles. The highest BCUT2D eigenvalue weighted by Crippen LogP contribution is 2.08. The number of hydrogen-bond acceptors (Lipinski definition) is 1. The second-order valence-corrected chi connectivity index (χ2v) is 3.34. The third-order valence-corrected chi connectivity index (χ3v) is 2.03. The van der Waals surface area contributed by atoms with Crippen molar-refractivity contribution in [1.29, 1.82) is 0 Å². The summed E-state index contributed by atoms with van der Waals surface area (Å²) in [6, 6.07) is 2.12. The van der Waals surface area contributed by atoms with E-state index in [9.17, 15) is 4.79 Å². The maximum Gasteiger partial charge on any atom is 0.216 e. The highest BCUT2D eigenvalue weighted by atomic mass is 16.1. The highest BCUT2D eigenvalue weighted by Gasteiger charge is 2.01. The largest absolute Gasteiger partial charge is 0.362 e. The van der Waals surface area contributed by atoms with Gasteiger partial charge in [-0.1, -0.05) is 0 Å². The molecule has 0 aromatic carbocycles. The third-order valence-electron chi connectivity index (χ3n) is 2.03. The molecule has 3 nitrogen and oxygen atoms in total. The van der Waals surface area contributed by atoms with Gasteiger partial charge in [0.05, 0.1) is 0 Å². The number of aromatic amines is 1. The van der Waals surface area contributed by atoms with Crippen LogP contribution in [0.1, 0.15) is 23.9 Å². The normalized spacial score (nSPS) is 10.1. The zero-order valence-corrected chi connectivity index (χ0v) is 8.40. The molecule has 0 bridgehead atoms. The van der Waals surface area contributed by atoms with Crippen LogP contribution in [0.25, 0.3) is 0 Å². The second kappa shape index (κ2) is 4.12. The number of aryl methyl sites for hydroxylation is 2. The monoisotopic (exact) mass is 180 g/mol. The Balaban J connectivity index is 2.45. The number of nitrogens with one attached hydrogen (secondary N) is 2. The van der Waals surface area contributed by atoms with Crippen LogP contribution < -0.4 is 5.32 Å². The van der Waals surface area contributed by atoms with Crippen LogP contribution in [0.2, 0.25) is 0 Å². The van der Waals surface area contributed by atoms with Gasteiger partial charge >= 0.3 is 0 Å². The fourth-order valence-electron chi connectivity index (χ4n) is 1.41. The lowest BCUT2D eigenvalue weighted by Gasteiger charge is -2.00. The van der Waals surface area contributed by atoms with Crippen molar-refractivity contribution in [2.45, 2.75) is 27.2 Å². The van der Waals surface area contributed by atoms with Crippen LogP contribution in [0, 0.1) is 13.8 Å². The zero-order chi connectivity index (χ0) is 9.84. The van der Waals surface area contributed by atoms with Gasteiger partial charge in [0, 0.05) is 24.9 Å². The first-order valence-corrected chi connectivity index (χ1v) is 4.49. The summed E-state index contributed by atoms with van der Waals surface area (Å²) >= 11 is 0. The van der Waals surface area contributed by atoms with Gasteiger partial charge in [-0.15, -0.1) is 0 Å². The van der Waals surface area contributed by atoms with Gasteiger partial charge in [-0.2, -0.15) is 0 Å². The lowest BCUT2D eigenvalue weighted by atomic mass is 10.2. The molecule has 0 unspecified atom stereocenters. The summed E-state index contributed by atoms with van der Waals surface area (Å²) in [5.41, 5.74) is 3.66. The molecular weight excluding hydrogens is 164 g/mol. The van der Waals surface area contributed by atoms with Gasteiger partial charge in [-0.3, -0.25) is 4.79 Å². The Kier molecular flexibility index (Phi) is 3.12. The standard InChI is InChI=1S/C10H16N2O/c1-7-6-10(8(2)12-7)4-5-11-9(3)13/h6,12H,4-5H2,1-3H3,(H,11,13). The van der Waals surface area contributed by atoms with Crippen molar-refractivity contribution in [2.75, 3.05) is 6.54 Å². The summed E-state index contributed by atoms with van der Waals surface area (Å²) in [4.78, 5) is 13.8. The quantitative estimate of drug-likeness (QED) is 0.723. The number of amides is 1. The van der Waals surface area contributed by atoms with E-state index in [0.29, 0.717) is 6.54 Å². The molecule has 13 heavy (non-hydrogen) atoms. The first-order chi connectivity index (χ1) is 6.09. The first-order valence-electron chi connectivity index (χ1n) is 4.49. The van der Waals surface area contributed by atoms with Crippen molar-refractivity contribution in [2.24, 2.45) is 0 Å².